The first-order valence-electron chi connectivity index (χ1n) is 11.3. The zero-order valence-corrected chi connectivity index (χ0v) is 19.3. The average molecular weight is 456 g/mol. The van der Waals surface area contributed by atoms with Crippen molar-refractivity contribution >= 4 is 34.1 Å². The molecule has 2 aromatic carbocycles. The molecule has 0 aliphatic carbocycles. The van der Waals surface area contributed by atoms with Crippen LogP contribution in [0.3, 0.4) is 0 Å². The molecule has 5 rings (SSSR count). The lowest BCUT2D eigenvalue weighted by molar-refractivity contribution is -0.123. The number of pyridine rings is 1. The summed E-state index contributed by atoms with van der Waals surface area (Å²) in [6, 6.07) is 14.9. The molecular formula is C27H25N3O4. The van der Waals surface area contributed by atoms with Crippen molar-refractivity contribution in [3.8, 4) is 11.5 Å². The van der Waals surface area contributed by atoms with Gasteiger partial charge in [0.05, 0.1) is 36.8 Å². The van der Waals surface area contributed by atoms with Gasteiger partial charge in [0, 0.05) is 29.3 Å². The minimum atomic E-state index is -0.300. The lowest BCUT2D eigenvalue weighted by Crippen LogP contribution is -2.28. The molecule has 2 aliphatic rings. The van der Waals surface area contributed by atoms with E-state index in [1.807, 2.05) is 48.5 Å². The Morgan fingerprint density at radius 2 is 1.68 bits per heavy atom. The quantitative estimate of drug-likeness (QED) is 0.579. The maximum atomic E-state index is 13.8. The summed E-state index contributed by atoms with van der Waals surface area (Å²) in [6.07, 6.45) is 3.40. The summed E-state index contributed by atoms with van der Waals surface area (Å²) < 4.78 is 11.1. The summed E-state index contributed by atoms with van der Waals surface area (Å²) in [4.78, 5) is 33.4. The largest absolute Gasteiger partial charge is 0.496 e. The van der Waals surface area contributed by atoms with E-state index in [4.69, 9.17) is 9.47 Å². The molecule has 7 nitrogen and oxygen atoms in total. The molecule has 3 heterocycles. The number of nitrogens with one attached hydrogen (secondary N) is 1. The molecule has 3 aromatic rings. The molecule has 1 aromatic heterocycles. The third-order valence-electron chi connectivity index (χ3n) is 6.25. The van der Waals surface area contributed by atoms with Crippen LogP contribution in [0.1, 0.15) is 30.9 Å². The second-order valence-corrected chi connectivity index (χ2v) is 8.15. The van der Waals surface area contributed by atoms with Gasteiger partial charge in [0.1, 0.15) is 17.0 Å². The number of fused-ring (bicyclic) bond motifs is 2. The summed E-state index contributed by atoms with van der Waals surface area (Å²) in [7, 11) is 3.18. The highest BCUT2D eigenvalue weighted by molar-refractivity contribution is 6.31. The van der Waals surface area contributed by atoms with Crippen LogP contribution in [0.15, 0.2) is 65.9 Å². The highest BCUT2D eigenvalue weighted by atomic mass is 16.5. The van der Waals surface area contributed by atoms with E-state index in [1.165, 1.54) is 0 Å². The maximum absolute atomic E-state index is 13.8. The van der Waals surface area contributed by atoms with Gasteiger partial charge in [-0.3, -0.25) is 14.6 Å². The number of aromatic nitrogens is 1. The SMILES string of the molecule is CCCCN1C(=O)C2=C(c3ccnc4c(OC)cccc34)NC(=O)C2=C1c1ccccc1OC. The maximum Gasteiger partial charge on any atom is 0.261 e. The Morgan fingerprint density at radius 1 is 0.912 bits per heavy atom. The van der Waals surface area contributed by atoms with Crippen LogP contribution in [0.5, 0.6) is 11.5 Å². The van der Waals surface area contributed by atoms with Gasteiger partial charge in [-0.05, 0) is 30.7 Å². The molecule has 1 N–H and O–H groups in total. The number of carbonyl (C=O) groups excluding carboxylic acids is 2. The molecule has 2 amide bonds. The van der Waals surface area contributed by atoms with E-state index in [0.717, 1.165) is 29.4 Å². The molecule has 0 unspecified atom stereocenters. The number of para-hydroxylation sites is 2. The van der Waals surface area contributed by atoms with Crippen LogP contribution in [-0.4, -0.2) is 42.5 Å². The predicted octanol–water partition coefficient (Wildman–Crippen LogP) is 4.15. The smallest absolute Gasteiger partial charge is 0.261 e. The van der Waals surface area contributed by atoms with Crippen LogP contribution < -0.4 is 14.8 Å². The molecule has 0 radical (unpaired) electrons. The number of methoxy groups -OCH3 is 2. The molecule has 0 bridgehead atoms. The standard InChI is InChI=1S/C27H25N3O4/c1-4-5-15-30-25(18-9-6-7-11-19(18)33-2)22-21(27(30)32)24(29-26(22)31)17-13-14-28-23-16(17)10-8-12-20(23)34-3/h6-14H,4-5,15H2,1-3H3,(H,29,31). The van der Waals surface area contributed by atoms with E-state index >= 15 is 0 Å². The normalized spacial score (nSPS) is 15.3. The molecular weight excluding hydrogens is 430 g/mol. The fraction of sp³-hybridized carbons (Fsp3) is 0.222. The zero-order chi connectivity index (χ0) is 23.8. The van der Waals surface area contributed by atoms with Gasteiger partial charge < -0.3 is 19.7 Å². The number of amides is 2. The second kappa shape index (κ2) is 8.67. The van der Waals surface area contributed by atoms with Crippen molar-refractivity contribution in [2.24, 2.45) is 0 Å². The Labute approximate surface area is 197 Å². The van der Waals surface area contributed by atoms with Crippen LogP contribution in [0.25, 0.3) is 22.3 Å². The van der Waals surface area contributed by atoms with Crippen molar-refractivity contribution in [2.45, 2.75) is 19.8 Å². The molecule has 0 spiro atoms. The van der Waals surface area contributed by atoms with Gasteiger partial charge in [0.25, 0.3) is 11.8 Å². The molecule has 0 saturated carbocycles. The van der Waals surface area contributed by atoms with Crippen molar-refractivity contribution in [1.82, 2.24) is 15.2 Å². The third kappa shape index (κ3) is 3.23. The van der Waals surface area contributed by atoms with E-state index < -0.39 is 0 Å². The number of rotatable bonds is 7. The van der Waals surface area contributed by atoms with E-state index in [1.54, 1.807) is 25.3 Å². The van der Waals surface area contributed by atoms with E-state index in [0.29, 0.717) is 46.1 Å². The van der Waals surface area contributed by atoms with E-state index in [-0.39, 0.29) is 11.8 Å². The molecule has 2 aliphatic heterocycles. The summed E-state index contributed by atoms with van der Waals surface area (Å²) in [5.74, 6) is 0.750. The fourth-order valence-corrected chi connectivity index (χ4v) is 4.67. The molecule has 0 saturated heterocycles. The second-order valence-electron chi connectivity index (χ2n) is 8.15. The van der Waals surface area contributed by atoms with Gasteiger partial charge >= 0.3 is 0 Å². The summed E-state index contributed by atoms with van der Waals surface area (Å²) in [5.41, 5.74) is 3.97. The number of hydrogen-bond acceptors (Lipinski definition) is 5. The van der Waals surface area contributed by atoms with Crippen LogP contribution >= 0.6 is 0 Å². The van der Waals surface area contributed by atoms with Crippen LogP contribution in [0.4, 0.5) is 0 Å². The van der Waals surface area contributed by atoms with Crippen LogP contribution in [0, 0.1) is 0 Å². The summed E-state index contributed by atoms with van der Waals surface area (Å²) in [6.45, 7) is 2.59. The van der Waals surface area contributed by atoms with Crippen molar-refractivity contribution in [3.63, 3.8) is 0 Å². The number of hydrogen-bond donors (Lipinski definition) is 1. The van der Waals surface area contributed by atoms with Crippen LogP contribution in [-0.2, 0) is 9.59 Å². The predicted molar refractivity (Wildman–Crippen MR) is 130 cm³/mol. The van der Waals surface area contributed by atoms with E-state index in [9.17, 15) is 9.59 Å². The Bertz CT molecular complexity index is 1390. The van der Waals surface area contributed by atoms with Crippen molar-refractivity contribution in [1.29, 1.82) is 0 Å². The van der Waals surface area contributed by atoms with Crippen LogP contribution in [0.2, 0.25) is 0 Å². The number of ether oxygens (including phenoxy) is 2. The van der Waals surface area contributed by atoms with Gasteiger partial charge in [-0.1, -0.05) is 37.6 Å². The lowest BCUT2D eigenvalue weighted by Gasteiger charge is -2.22. The molecule has 0 fully saturated rings. The molecule has 34 heavy (non-hydrogen) atoms. The van der Waals surface area contributed by atoms with Gasteiger partial charge in [0.15, 0.2) is 0 Å². The summed E-state index contributed by atoms with van der Waals surface area (Å²) >= 11 is 0. The van der Waals surface area contributed by atoms with Crippen molar-refractivity contribution < 1.29 is 19.1 Å². The number of benzene rings is 2. The van der Waals surface area contributed by atoms with Gasteiger partial charge in [-0.25, -0.2) is 0 Å². The zero-order valence-electron chi connectivity index (χ0n) is 19.3. The third-order valence-corrected chi connectivity index (χ3v) is 6.25. The number of unbranched alkanes of at least 4 members (excludes halogenated alkanes) is 1. The Morgan fingerprint density at radius 3 is 2.44 bits per heavy atom. The minimum absolute atomic E-state index is 0.189. The first-order valence-corrected chi connectivity index (χ1v) is 11.3. The van der Waals surface area contributed by atoms with Gasteiger partial charge in [-0.2, -0.15) is 0 Å². The Hall–Kier alpha value is -4.13. The van der Waals surface area contributed by atoms with Crippen molar-refractivity contribution in [3.05, 3.63) is 77.0 Å². The highest BCUT2D eigenvalue weighted by Gasteiger charge is 2.46. The lowest BCUT2D eigenvalue weighted by atomic mass is 9.99. The molecule has 7 heteroatoms. The first-order chi connectivity index (χ1) is 16.6. The first kappa shape index (κ1) is 21.7. The highest BCUT2D eigenvalue weighted by Crippen LogP contribution is 2.45. The number of carbonyl (C=O) groups is 2. The minimum Gasteiger partial charge on any atom is -0.496 e. The Balaban J connectivity index is 1.78. The molecule has 172 valence electrons. The summed E-state index contributed by atoms with van der Waals surface area (Å²) in [5, 5.41) is 3.77. The number of nitrogens with zero attached hydrogens (tertiary/aromatic N) is 2. The monoisotopic (exact) mass is 455 g/mol. The van der Waals surface area contributed by atoms with Gasteiger partial charge in [0.2, 0.25) is 0 Å². The molecule has 0 atom stereocenters. The topological polar surface area (TPSA) is 80.8 Å². The van der Waals surface area contributed by atoms with Crippen molar-refractivity contribution in [2.75, 3.05) is 20.8 Å². The Kier molecular flexibility index (Phi) is 5.53. The average Bonchev–Trinajstić information content (AvgIpc) is 3.36. The fourth-order valence-electron chi connectivity index (χ4n) is 4.67. The van der Waals surface area contributed by atoms with E-state index in [2.05, 4.69) is 17.2 Å². The van der Waals surface area contributed by atoms with Gasteiger partial charge in [-0.15, -0.1) is 0 Å².